The van der Waals surface area contributed by atoms with Gasteiger partial charge >= 0.3 is 0 Å². The van der Waals surface area contributed by atoms with Crippen molar-refractivity contribution in [3.05, 3.63) is 0 Å². The zero-order valence-electron chi connectivity index (χ0n) is 12.7. The fourth-order valence-electron chi connectivity index (χ4n) is 1.76. The van der Waals surface area contributed by atoms with Gasteiger partial charge in [0.15, 0.2) is 0 Å². The SMILES string of the molecule is CCC(C)NC(C)CCN(C)CCNC(C)C. The van der Waals surface area contributed by atoms with E-state index in [1.807, 2.05) is 0 Å². The molecule has 0 radical (unpaired) electrons. The summed E-state index contributed by atoms with van der Waals surface area (Å²) in [4.78, 5) is 2.41. The van der Waals surface area contributed by atoms with Crippen LogP contribution in [0.15, 0.2) is 0 Å². The summed E-state index contributed by atoms with van der Waals surface area (Å²) in [6.45, 7) is 14.5. The molecule has 2 unspecified atom stereocenters. The van der Waals surface area contributed by atoms with Crippen LogP contribution in [-0.2, 0) is 0 Å². The topological polar surface area (TPSA) is 27.3 Å². The summed E-state index contributed by atoms with van der Waals surface area (Å²) in [7, 11) is 2.21. The third-order valence-corrected chi connectivity index (χ3v) is 3.17. The van der Waals surface area contributed by atoms with Gasteiger partial charge in [0.25, 0.3) is 0 Å². The molecular formula is C14H33N3. The molecule has 0 aliphatic rings. The van der Waals surface area contributed by atoms with Gasteiger partial charge in [0.2, 0.25) is 0 Å². The first-order valence-corrected chi connectivity index (χ1v) is 7.13. The lowest BCUT2D eigenvalue weighted by Crippen LogP contribution is -2.38. The Morgan fingerprint density at radius 1 is 1.00 bits per heavy atom. The van der Waals surface area contributed by atoms with E-state index in [-0.39, 0.29) is 0 Å². The third-order valence-electron chi connectivity index (χ3n) is 3.17. The molecule has 0 aliphatic heterocycles. The van der Waals surface area contributed by atoms with Crippen molar-refractivity contribution in [2.24, 2.45) is 0 Å². The summed E-state index contributed by atoms with van der Waals surface area (Å²) >= 11 is 0. The van der Waals surface area contributed by atoms with Crippen molar-refractivity contribution in [3.8, 4) is 0 Å². The van der Waals surface area contributed by atoms with E-state index in [1.165, 1.54) is 19.4 Å². The monoisotopic (exact) mass is 243 g/mol. The molecule has 0 aromatic rings. The molecule has 0 aliphatic carbocycles. The lowest BCUT2D eigenvalue weighted by molar-refractivity contribution is 0.299. The van der Waals surface area contributed by atoms with E-state index in [0.29, 0.717) is 18.1 Å². The summed E-state index contributed by atoms with van der Waals surface area (Å²) in [6, 6.07) is 1.85. The van der Waals surface area contributed by atoms with Crippen molar-refractivity contribution >= 4 is 0 Å². The molecular weight excluding hydrogens is 210 g/mol. The van der Waals surface area contributed by atoms with Gasteiger partial charge in [-0.2, -0.15) is 0 Å². The highest BCUT2D eigenvalue weighted by Gasteiger charge is 2.07. The Balaban J connectivity index is 3.51. The van der Waals surface area contributed by atoms with Crippen LogP contribution in [0, 0.1) is 0 Å². The Bertz CT molecular complexity index is 171. The number of nitrogens with zero attached hydrogens (tertiary/aromatic N) is 1. The highest BCUT2D eigenvalue weighted by molar-refractivity contribution is 4.68. The number of hydrogen-bond donors (Lipinski definition) is 2. The normalized spacial score (nSPS) is 15.5. The molecule has 2 N–H and O–H groups in total. The van der Waals surface area contributed by atoms with E-state index in [9.17, 15) is 0 Å². The van der Waals surface area contributed by atoms with Crippen LogP contribution in [0.2, 0.25) is 0 Å². The maximum atomic E-state index is 3.62. The fraction of sp³-hybridized carbons (Fsp3) is 1.00. The lowest BCUT2D eigenvalue weighted by atomic mass is 10.1. The van der Waals surface area contributed by atoms with Gasteiger partial charge < -0.3 is 15.5 Å². The molecule has 0 fully saturated rings. The van der Waals surface area contributed by atoms with E-state index < -0.39 is 0 Å². The van der Waals surface area contributed by atoms with Gasteiger partial charge in [0.05, 0.1) is 0 Å². The van der Waals surface area contributed by atoms with Crippen LogP contribution in [0.4, 0.5) is 0 Å². The van der Waals surface area contributed by atoms with Crippen LogP contribution in [0.25, 0.3) is 0 Å². The molecule has 3 nitrogen and oxygen atoms in total. The van der Waals surface area contributed by atoms with Crippen molar-refractivity contribution in [2.75, 3.05) is 26.7 Å². The molecule has 0 rings (SSSR count). The van der Waals surface area contributed by atoms with E-state index >= 15 is 0 Å². The van der Waals surface area contributed by atoms with E-state index in [4.69, 9.17) is 0 Å². The van der Waals surface area contributed by atoms with Crippen LogP contribution >= 0.6 is 0 Å². The smallest absolute Gasteiger partial charge is 0.0104 e. The molecule has 0 saturated carbocycles. The van der Waals surface area contributed by atoms with Crippen LogP contribution < -0.4 is 10.6 Å². The minimum Gasteiger partial charge on any atom is -0.313 e. The van der Waals surface area contributed by atoms with Gasteiger partial charge in [0.1, 0.15) is 0 Å². The van der Waals surface area contributed by atoms with Crippen LogP contribution in [0.1, 0.15) is 47.5 Å². The quantitative estimate of drug-likeness (QED) is 0.615. The van der Waals surface area contributed by atoms with Crippen molar-refractivity contribution in [2.45, 2.75) is 65.6 Å². The third kappa shape index (κ3) is 10.7. The molecule has 0 aromatic carbocycles. The fourth-order valence-corrected chi connectivity index (χ4v) is 1.76. The first kappa shape index (κ1) is 16.9. The van der Waals surface area contributed by atoms with Crippen LogP contribution in [0.3, 0.4) is 0 Å². The van der Waals surface area contributed by atoms with E-state index in [0.717, 1.165) is 13.1 Å². The Morgan fingerprint density at radius 3 is 2.18 bits per heavy atom. The Morgan fingerprint density at radius 2 is 1.65 bits per heavy atom. The average Bonchev–Trinajstić information content (AvgIpc) is 2.25. The zero-order chi connectivity index (χ0) is 13.3. The van der Waals surface area contributed by atoms with Gasteiger partial charge in [-0.15, -0.1) is 0 Å². The molecule has 17 heavy (non-hydrogen) atoms. The summed E-state index contributed by atoms with van der Waals surface area (Å²) in [5.74, 6) is 0. The van der Waals surface area contributed by atoms with Crippen molar-refractivity contribution in [1.82, 2.24) is 15.5 Å². The lowest BCUT2D eigenvalue weighted by Gasteiger charge is -2.23. The summed E-state index contributed by atoms with van der Waals surface area (Å²) in [5, 5.41) is 7.06. The second kappa shape index (κ2) is 9.86. The standard InChI is InChI=1S/C14H33N3/c1-7-13(4)16-14(5)8-10-17(6)11-9-15-12(2)3/h12-16H,7-11H2,1-6H3. The minimum absolute atomic E-state index is 0.592. The Labute approximate surface area is 108 Å². The molecule has 0 spiro atoms. The number of rotatable bonds is 10. The number of nitrogens with one attached hydrogen (secondary N) is 2. The second-order valence-electron chi connectivity index (χ2n) is 5.58. The van der Waals surface area contributed by atoms with E-state index in [1.54, 1.807) is 0 Å². The molecule has 2 atom stereocenters. The Hall–Kier alpha value is -0.120. The van der Waals surface area contributed by atoms with Gasteiger partial charge in [-0.1, -0.05) is 20.8 Å². The molecule has 104 valence electrons. The average molecular weight is 243 g/mol. The van der Waals surface area contributed by atoms with E-state index in [2.05, 4.69) is 57.2 Å². The zero-order valence-corrected chi connectivity index (χ0v) is 12.7. The van der Waals surface area contributed by atoms with Crippen LogP contribution in [0.5, 0.6) is 0 Å². The first-order valence-electron chi connectivity index (χ1n) is 7.13. The van der Waals surface area contributed by atoms with Gasteiger partial charge in [0, 0.05) is 31.2 Å². The highest BCUT2D eigenvalue weighted by atomic mass is 15.1. The van der Waals surface area contributed by atoms with Crippen molar-refractivity contribution in [1.29, 1.82) is 0 Å². The predicted molar refractivity (Wildman–Crippen MR) is 77.6 cm³/mol. The molecule has 0 bridgehead atoms. The predicted octanol–water partition coefficient (Wildman–Crippen LogP) is 2.08. The molecule has 0 saturated heterocycles. The highest BCUT2D eigenvalue weighted by Crippen LogP contribution is 1.97. The molecule has 0 aromatic heterocycles. The Kier molecular flexibility index (Phi) is 9.79. The first-order chi connectivity index (χ1) is 7.95. The summed E-state index contributed by atoms with van der Waals surface area (Å²) < 4.78 is 0. The van der Waals surface area contributed by atoms with Gasteiger partial charge in [-0.3, -0.25) is 0 Å². The summed E-state index contributed by atoms with van der Waals surface area (Å²) in [5.41, 5.74) is 0. The van der Waals surface area contributed by atoms with Crippen LogP contribution in [-0.4, -0.2) is 49.7 Å². The maximum Gasteiger partial charge on any atom is 0.0104 e. The minimum atomic E-state index is 0.592. The molecule has 0 heterocycles. The van der Waals surface area contributed by atoms with Gasteiger partial charge in [-0.05, 0) is 40.3 Å². The summed E-state index contributed by atoms with van der Waals surface area (Å²) in [6.07, 6.45) is 2.43. The second-order valence-corrected chi connectivity index (χ2v) is 5.58. The van der Waals surface area contributed by atoms with Gasteiger partial charge in [-0.25, -0.2) is 0 Å². The maximum absolute atomic E-state index is 3.62. The molecule has 3 heteroatoms. The largest absolute Gasteiger partial charge is 0.313 e. The number of likely N-dealkylation sites (N-methyl/N-ethyl adjacent to an activating group) is 1. The number of hydrogen-bond acceptors (Lipinski definition) is 3. The van der Waals surface area contributed by atoms with Crippen molar-refractivity contribution in [3.63, 3.8) is 0 Å². The molecule has 0 amide bonds. The van der Waals surface area contributed by atoms with Crippen molar-refractivity contribution < 1.29 is 0 Å².